The normalized spacial score (nSPS) is 11.7. The van der Waals surface area contributed by atoms with Crippen molar-refractivity contribution in [1.29, 1.82) is 0 Å². The van der Waals surface area contributed by atoms with Crippen LogP contribution in [0.1, 0.15) is 0 Å². The highest BCUT2D eigenvalue weighted by atomic mass is 32.1. The number of hydrogen-bond donors (Lipinski definition) is 0. The van der Waals surface area contributed by atoms with Crippen molar-refractivity contribution in [2.45, 2.75) is 0 Å². The Bertz CT molecular complexity index is 2820. The van der Waals surface area contributed by atoms with Gasteiger partial charge in [0, 0.05) is 42.2 Å². The van der Waals surface area contributed by atoms with Crippen LogP contribution in [0.2, 0.25) is 0 Å². The molecule has 10 rings (SSSR count). The molecule has 0 aliphatic rings. The molecular weight excluding hydrogens is 615 g/mol. The summed E-state index contributed by atoms with van der Waals surface area (Å²) in [4.78, 5) is 15.0. The van der Waals surface area contributed by atoms with Gasteiger partial charge in [-0.1, -0.05) is 152 Å². The quantitative estimate of drug-likeness (QED) is 0.180. The molecule has 0 aliphatic heterocycles. The molecule has 0 N–H and O–H groups in total. The Morgan fingerprint density at radius 1 is 0.347 bits per heavy atom. The fourth-order valence-corrected chi connectivity index (χ4v) is 8.51. The third kappa shape index (κ3) is 4.53. The lowest BCUT2D eigenvalue weighted by atomic mass is 9.91. The third-order valence-electron chi connectivity index (χ3n) is 9.50. The molecule has 0 spiro atoms. The van der Waals surface area contributed by atoms with E-state index in [-0.39, 0.29) is 0 Å². The van der Waals surface area contributed by atoms with Crippen LogP contribution in [0.25, 0.3) is 97.8 Å². The molecule has 2 aromatic heterocycles. The van der Waals surface area contributed by atoms with Gasteiger partial charge in [-0.3, -0.25) is 0 Å². The Balaban J connectivity index is 1.18. The van der Waals surface area contributed by atoms with Crippen molar-refractivity contribution >= 4 is 63.8 Å². The Kier molecular flexibility index (Phi) is 6.36. The number of hydrogen-bond acceptors (Lipinski definition) is 4. The molecule has 0 fully saturated rings. The van der Waals surface area contributed by atoms with Gasteiger partial charge in [-0.2, -0.15) is 0 Å². The molecular formula is C45H27N3S. The van der Waals surface area contributed by atoms with Gasteiger partial charge in [0.15, 0.2) is 17.5 Å². The van der Waals surface area contributed by atoms with Crippen LogP contribution in [-0.2, 0) is 0 Å². The molecule has 2 heterocycles. The maximum Gasteiger partial charge on any atom is 0.164 e. The molecule has 0 bridgehead atoms. The van der Waals surface area contributed by atoms with Crippen LogP contribution in [0, 0.1) is 0 Å². The van der Waals surface area contributed by atoms with E-state index in [0.29, 0.717) is 17.5 Å². The first-order chi connectivity index (χ1) is 24.3. The van der Waals surface area contributed by atoms with Crippen molar-refractivity contribution in [2.75, 3.05) is 0 Å². The average molecular weight is 642 g/mol. The van der Waals surface area contributed by atoms with Crippen LogP contribution < -0.4 is 0 Å². The molecule has 0 radical (unpaired) electrons. The van der Waals surface area contributed by atoms with Gasteiger partial charge in [-0.25, -0.2) is 15.0 Å². The summed E-state index contributed by atoms with van der Waals surface area (Å²) in [7, 11) is 0. The van der Waals surface area contributed by atoms with Gasteiger partial charge in [0.1, 0.15) is 0 Å². The maximum absolute atomic E-state index is 5.05. The second-order valence-electron chi connectivity index (χ2n) is 12.4. The van der Waals surface area contributed by atoms with Crippen molar-refractivity contribution in [3.63, 3.8) is 0 Å². The Labute approximate surface area is 286 Å². The molecule has 0 atom stereocenters. The number of benzene rings is 8. The Morgan fingerprint density at radius 3 is 1.61 bits per heavy atom. The van der Waals surface area contributed by atoms with E-state index in [1.165, 1.54) is 52.5 Å². The first kappa shape index (κ1) is 27.8. The predicted octanol–water partition coefficient (Wildman–Crippen LogP) is 12.4. The van der Waals surface area contributed by atoms with Gasteiger partial charge in [-0.15, -0.1) is 11.3 Å². The lowest BCUT2D eigenvalue weighted by molar-refractivity contribution is 1.07. The van der Waals surface area contributed by atoms with E-state index < -0.39 is 0 Å². The van der Waals surface area contributed by atoms with Crippen LogP contribution >= 0.6 is 11.3 Å². The maximum atomic E-state index is 5.05. The average Bonchev–Trinajstić information content (AvgIpc) is 3.58. The predicted molar refractivity (Wildman–Crippen MR) is 207 cm³/mol. The summed E-state index contributed by atoms with van der Waals surface area (Å²) in [5, 5.41) is 10.4. The van der Waals surface area contributed by atoms with E-state index in [9.17, 15) is 0 Å². The van der Waals surface area contributed by atoms with Crippen molar-refractivity contribution in [3.05, 3.63) is 164 Å². The van der Waals surface area contributed by atoms with Gasteiger partial charge in [0.25, 0.3) is 0 Å². The molecule has 8 aromatic carbocycles. The molecule has 3 nitrogen and oxygen atoms in total. The first-order valence-corrected chi connectivity index (χ1v) is 17.3. The fourth-order valence-electron chi connectivity index (χ4n) is 7.26. The number of thiophene rings is 1. The minimum atomic E-state index is 0.653. The number of aromatic nitrogens is 3. The van der Waals surface area contributed by atoms with E-state index in [4.69, 9.17) is 15.0 Å². The minimum absolute atomic E-state index is 0.653. The second-order valence-corrected chi connectivity index (χ2v) is 13.4. The molecule has 49 heavy (non-hydrogen) atoms. The summed E-state index contributed by atoms with van der Waals surface area (Å²) in [5.74, 6) is 1.97. The van der Waals surface area contributed by atoms with E-state index in [2.05, 4.69) is 103 Å². The van der Waals surface area contributed by atoms with Gasteiger partial charge >= 0.3 is 0 Å². The van der Waals surface area contributed by atoms with Crippen molar-refractivity contribution < 1.29 is 0 Å². The minimum Gasteiger partial charge on any atom is -0.208 e. The van der Waals surface area contributed by atoms with Crippen molar-refractivity contribution in [1.82, 2.24) is 15.0 Å². The van der Waals surface area contributed by atoms with Crippen molar-refractivity contribution in [2.24, 2.45) is 0 Å². The van der Waals surface area contributed by atoms with E-state index in [1.54, 1.807) is 0 Å². The number of rotatable bonds is 4. The summed E-state index contributed by atoms with van der Waals surface area (Å²) >= 11 is 1.89. The first-order valence-electron chi connectivity index (χ1n) is 16.5. The third-order valence-corrected chi connectivity index (χ3v) is 10.7. The largest absolute Gasteiger partial charge is 0.208 e. The lowest BCUT2D eigenvalue weighted by Gasteiger charge is -2.14. The molecule has 0 saturated carbocycles. The van der Waals surface area contributed by atoms with Crippen LogP contribution in [0.3, 0.4) is 0 Å². The van der Waals surface area contributed by atoms with Gasteiger partial charge < -0.3 is 0 Å². The molecule has 0 unspecified atom stereocenters. The highest BCUT2D eigenvalue weighted by molar-refractivity contribution is 7.27. The summed E-state index contributed by atoms with van der Waals surface area (Å²) < 4.78 is 2.68. The molecule has 0 aliphatic carbocycles. The van der Waals surface area contributed by atoms with E-state index in [0.717, 1.165) is 27.8 Å². The monoisotopic (exact) mass is 641 g/mol. The summed E-state index contributed by atoms with van der Waals surface area (Å²) in [6, 6.07) is 57.8. The van der Waals surface area contributed by atoms with Crippen LogP contribution in [0.4, 0.5) is 0 Å². The van der Waals surface area contributed by atoms with Crippen molar-refractivity contribution in [3.8, 4) is 45.3 Å². The zero-order chi connectivity index (χ0) is 32.3. The standard InChI is InChI=1S/C45H27N3S/c1-3-13-28(14-4-1)43-46-44(29-15-5-2-6-16-29)48-45(47-43)36-20-10-7-17-32(36)30-23-25-33-31(27-30)24-26-38-40(33)34-18-8-9-19-35(34)41-37-21-11-12-22-39(37)49-42(38)41/h1-27H. The molecule has 228 valence electrons. The lowest BCUT2D eigenvalue weighted by Crippen LogP contribution is -2.01. The number of nitrogens with zero attached hydrogens (tertiary/aromatic N) is 3. The fraction of sp³-hybridized carbons (Fsp3) is 0. The highest BCUT2D eigenvalue weighted by Crippen LogP contribution is 2.46. The molecule has 10 aromatic rings. The summed E-state index contributed by atoms with van der Waals surface area (Å²) in [6.07, 6.45) is 0. The Morgan fingerprint density at radius 2 is 0.898 bits per heavy atom. The van der Waals surface area contributed by atoms with E-state index >= 15 is 0 Å². The summed E-state index contributed by atoms with van der Waals surface area (Å²) in [6.45, 7) is 0. The second kappa shape index (κ2) is 11.2. The van der Waals surface area contributed by atoms with Crippen LogP contribution in [-0.4, -0.2) is 15.0 Å². The zero-order valence-corrected chi connectivity index (χ0v) is 27.2. The molecule has 4 heteroatoms. The summed E-state index contributed by atoms with van der Waals surface area (Å²) in [5.41, 5.74) is 5.09. The SMILES string of the molecule is c1ccc(-c2nc(-c3ccccc3)nc(-c3ccccc3-c3ccc4c(ccc5c6sc7ccccc7c6c6ccccc6c45)c3)n2)cc1. The highest BCUT2D eigenvalue weighted by Gasteiger charge is 2.18. The number of fused-ring (bicyclic) bond motifs is 10. The zero-order valence-electron chi connectivity index (χ0n) is 26.3. The van der Waals surface area contributed by atoms with Gasteiger partial charge in [0.05, 0.1) is 0 Å². The topological polar surface area (TPSA) is 38.7 Å². The Hall–Kier alpha value is -6.23. The smallest absolute Gasteiger partial charge is 0.164 e. The molecule has 0 amide bonds. The van der Waals surface area contributed by atoms with Crippen LogP contribution in [0.15, 0.2) is 164 Å². The molecule has 0 saturated heterocycles. The van der Waals surface area contributed by atoms with Crippen LogP contribution in [0.5, 0.6) is 0 Å². The van der Waals surface area contributed by atoms with Gasteiger partial charge in [-0.05, 0) is 50.2 Å². The van der Waals surface area contributed by atoms with Gasteiger partial charge in [0.2, 0.25) is 0 Å². The van der Waals surface area contributed by atoms with E-state index in [1.807, 2.05) is 72.0 Å².